The van der Waals surface area contributed by atoms with Crippen LogP contribution in [0.15, 0.2) is 23.2 Å². The van der Waals surface area contributed by atoms with Crippen molar-refractivity contribution < 1.29 is 9.47 Å². The molecule has 0 N–H and O–H groups in total. The molecule has 0 bridgehead atoms. The van der Waals surface area contributed by atoms with Crippen molar-refractivity contribution in [3.63, 3.8) is 0 Å². The summed E-state index contributed by atoms with van der Waals surface area (Å²) in [4.78, 5) is 6.97. The fourth-order valence-electron chi connectivity index (χ4n) is 3.21. The Labute approximate surface area is 113 Å². The molecule has 0 aliphatic carbocycles. The normalized spacial score (nSPS) is 24.1. The molecule has 1 spiro atoms. The maximum atomic E-state index is 6.08. The van der Waals surface area contributed by atoms with Gasteiger partial charge in [0.05, 0.1) is 18.9 Å². The Morgan fingerprint density at radius 2 is 2.05 bits per heavy atom. The van der Waals surface area contributed by atoms with E-state index in [1.807, 2.05) is 0 Å². The van der Waals surface area contributed by atoms with Gasteiger partial charge < -0.3 is 14.4 Å². The molecule has 3 heterocycles. The van der Waals surface area contributed by atoms with E-state index in [1.165, 1.54) is 11.3 Å². The van der Waals surface area contributed by atoms with Crippen LogP contribution in [0.25, 0.3) is 0 Å². The molecule has 19 heavy (non-hydrogen) atoms. The molecule has 0 atom stereocenters. The molecule has 4 heteroatoms. The second kappa shape index (κ2) is 4.05. The smallest absolute Gasteiger partial charge is 0.257 e. The Morgan fingerprint density at radius 1 is 1.21 bits per heavy atom. The van der Waals surface area contributed by atoms with Gasteiger partial charge in [0.15, 0.2) is 5.84 Å². The first kappa shape index (κ1) is 11.4. The molecule has 0 unspecified atom stereocenters. The van der Waals surface area contributed by atoms with E-state index in [0.717, 1.165) is 50.5 Å². The van der Waals surface area contributed by atoms with E-state index in [0.29, 0.717) is 0 Å². The Hall–Kier alpha value is -1.39. The van der Waals surface area contributed by atoms with Crippen LogP contribution in [0.3, 0.4) is 0 Å². The Bertz CT molecular complexity index is 547. The van der Waals surface area contributed by atoms with Crippen LogP contribution in [-0.4, -0.2) is 32.1 Å². The van der Waals surface area contributed by atoms with Gasteiger partial charge in [-0.05, 0) is 31.9 Å². The van der Waals surface area contributed by atoms with E-state index in [1.54, 1.807) is 0 Å². The number of fused-ring (bicyclic) bond motifs is 5. The number of anilines is 1. The molecule has 0 amide bonds. The van der Waals surface area contributed by atoms with E-state index in [-0.39, 0.29) is 0 Å². The second-order valence-electron chi connectivity index (χ2n) is 5.40. The Kier molecular flexibility index (Phi) is 2.44. The van der Waals surface area contributed by atoms with Gasteiger partial charge in [-0.3, -0.25) is 4.99 Å². The molecule has 0 radical (unpaired) electrons. The van der Waals surface area contributed by atoms with E-state index >= 15 is 0 Å². The van der Waals surface area contributed by atoms with Gasteiger partial charge in [-0.1, -0.05) is 11.6 Å². The van der Waals surface area contributed by atoms with Crippen LogP contribution in [0, 0.1) is 6.92 Å². The molecule has 1 saturated heterocycles. The highest BCUT2D eigenvalue weighted by molar-refractivity contribution is 6.10. The molecule has 0 saturated carbocycles. The quantitative estimate of drug-likeness (QED) is 0.715. The summed E-state index contributed by atoms with van der Waals surface area (Å²) in [6, 6.07) is 6.50. The standard InChI is InChI=1S/C15H18N2O2/c1-11-4-5-13-12(10-11)15(18-8-3-9-19-15)14-16-6-2-7-17(13)14/h4-5,10H,2-3,6-9H2,1H3. The highest BCUT2D eigenvalue weighted by atomic mass is 16.7. The van der Waals surface area contributed by atoms with Crippen LogP contribution < -0.4 is 4.90 Å². The molecule has 4 rings (SSSR count). The summed E-state index contributed by atoms with van der Waals surface area (Å²) in [7, 11) is 0. The molecule has 3 aliphatic rings. The zero-order valence-corrected chi connectivity index (χ0v) is 11.2. The largest absolute Gasteiger partial charge is 0.340 e. The van der Waals surface area contributed by atoms with Crippen molar-refractivity contribution in [2.45, 2.75) is 25.6 Å². The van der Waals surface area contributed by atoms with Crippen molar-refractivity contribution >= 4 is 11.5 Å². The first-order chi connectivity index (χ1) is 9.31. The fourth-order valence-corrected chi connectivity index (χ4v) is 3.21. The molecule has 1 aromatic rings. The number of hydrogen-bond acceptors (Lipinski definition) is 4. The van der Waals surface area contributed by atoms with Crippen molar-refractivity contribution in [1.82, 2.24) is 0 Å². The molecule has 1 fully saturated rings. The molecule has 1 aromatic carbocycles. The first-order valence-electron chi connectivity index (χ1n) is 7.03. The van der Waals surface area contributed by atoms with Crippen LogP contribution >= 0.6 is 0 Å². The van der Waals surface area contributed by atoms with Crippen LogP contribution in [0.5, 0.6) is 0 Å². The average Bonchev–Trinajstić information content (AvgIpc) is 2.71. The van der Waals surface area contributed by atoms with Gasteiger partial charge >= 0.3 is 0 Å². The lowest BCUT2D eigenvalue weighted by Gasteiger charge is -2.36. The number of ether oxygens (including phenoxy) is 2. The minimum atomic E-state index is -0.736. The summed E-state index contributed by atoms with van der Waals surface area (Å²) >= 11 is 0. The molecule has 0 aromatic heterocycles. The van der Waals surface area contributed by atoms with Gasteiger partial charge in [0.25, 0.3) is 5.79 Å². The molecular weight excluding hydrogens is 240 g/mol. The molecular formula is C15H18N2O2. The lowest BCUT2D eigenvalue weighted by atomic mass is 10.0. The number of nitrogens with zero attached hydrogens (tertiary/aromatic N) is 2. The summed E-state index contributed by atoms with van der Waals surface area (Å²) in [5.41, 5.74) is 3.56. The van der Waals surface area contributed by atoms with Crippen LogP contribution in [0.1, 0.15) is 24.0 Å². The van der Waals surface area contributed by atoms with Crippen LogP contribution in [-0.2, 0) is 15.3 Å². The average molecular weight is 258 g/mol. The third-order valence-electron chi connectivity index (χ3n) is 4.05. The number of benzene rings is 1. The highest BCUT2D eigenvalue weighted by Gasteiger charge is 2.53. The minimum absolute atomic E-state index is 0.736. The lowest BCUT2D eigenvalue weighted by Crippen LogP contribution is -2.49. The number of rotatable bonds is 0. The second-order valence-corrected chi connectivity index (χ2v) is 5.40. The number of amidine groups is 1. The van der Waals surface area contributed by atoms with Gasteiger partial charge in [0.1, 0.15) is 0 Å². The SMILES string of the molecule is Cc1ccc2c(c1)C1(OCCCO1)C1=NCCCN12. The first-order valence-corrected chi connectivity index (χ1v) is 7.03. The van der Waals surface area contributed by atoms with Gasteiger partial charge in [-0.2, -0.15) is 0 Å². The zero-order valence-electron chi connectivity index (χ0n) is 11.2. The minimum Gasteiger partial charge on any atom is -0.340 e. The molecule has 4 nitrogen and oxygen atoms in total. The fraction of sp³-hybridized carbons (Fsp3) is 0.533. The zero-order chi connectivity index (χ0) is 12.9. The van der Waals surface area contributed by atoms with Crippen molar-refractivity contribution in [1.29, 1.82) is 0 Å². The van der Waals surface area contributed by atoms with Gasteiger partial charge in [-0.15, -0.1) is 0 Å². The van der Waals surface area contributed by atoms with E-state index in [2.05, 4.69) is 30.0 Å². The third-order valence-corrected chi connectivity index (χ3v) is 4.05. The summed E-state index contributed by atoms with van der Waals surface area (Å²) in [6.45, 7) is 5.45. The van der Waals surface area contributed by atoms with Crippen molar-refractivity contribution in [2.75, 3.05) is 31.2 Å². The van der Waals surface area contributed by atoms with Gasteiger partial charge in [-0.25, -0.2) is 0 Å². The van der Waals surface area contributed by atoms with Crippen molar-refractivity contribution in [2.24, 2.45) is 4.99 Å². The van der Waals surface area contributed by atoms with Crippen LogP contribution in [0.4, 0.5) is 5.69 Å². The monoisotopic (exact) mass is 258 g/mol. The topological polar surface area (TPSA) is 34.1 Å². The highest BCUT2D eigenvalue weighted by Crippen LogP contribution is 2.46. The van der Waals surface area contributed by atoms with E-state index < -0.39 is 5.79 Å². The summed E-state index contributed by atoms with van der Waals surface area (Å²) in [6.07, 6.45) is 2.04. The van der Waals surface area contributed by atoms with Gasteiger partial charge in [0, 0.05) is 18.7 Å². The Balaban J connectivity index is 1.93. The summed E-state index contributed by atoms with van der Waals surface area (Å²) in [5.74, 6) is 0.221. The van der Waals surface area contributed by atoms with Crippen molar-refractivity contribution in [3.8, 4) is 0 Å². The predicted molar refractivity (Wildman–Crippen MR) is 73.6 cm³/mol. The number of aliphatic imine (C=N–C) groups is 1. The number of aryl methyl sites for hydroxylation is 1. The van der Waals surface area contributed by atoms with E-state index in [4.69, 9.17) is 14.5 Å². The number of hydrogen-bond donors (Lipinski definition) is 0. The predicted octanol–water partition coefficient (Wildman–Crippen LogP) is 2.21. The molecule has 100 valence electrons. The summed E-state index contributed by atoms with van der Waals surface area (Å²) in [5, 5.41) is 0. The molecule has 3 aliphatic heterocycles. The van der Waals surface area contributed by atoms with Crippen LogP contribution in [0.2, 0.25) is 0 Å². The van der Waals surface area contributed by atoms with Crippen molar-refractivity contribution in [3.05, 3.63) is 29.3 Å². The van der Waals surface area contributed by atoms with E-state index in [9.17, 15) is 0 Å². The summed E-state index contributed by atoms with van der Waals surface area (Å²) < 4.78 is 12.2. The maximum Gasteiger partial charge on any atom is 0.257 e. The Morgan fingerprint density at radius 3 is 2.89 bits per heavy atom. The van der Waals surface area contributed by atoms with Gasteiger partial charge in [0.2, 0.25) is 0 Å². The maximum absolute atomic E-state index is 6.08. The third kappa shape index (κ3) is 1.50. The lowest BCUT2D eigenvalue weighted by molar-refractivity contribution is -0.228.